The predicted molar refractivity (Wildman–Crippen MR) is 85.2 cm³/mol. The van der Waals surface area contributed by atoms with E-state index in [2.05, 4.69) is 0 Å². The monoisotopic (exact) mass is 314 g/mol. The molecule has 3 heterocycles. The molecule has 0 saturated carbocycles. The molecule has 0 radical (unpaired) electrons. The van der Waals surface area contributed by atoms with E-state index in [4.69, 9.17) is 10.8 Å². The molecule has 2 aliphatic rings. The third-order valence-corrected chi connectivity index (χ3v) is 5.02. The minimum atomic E-state index is -0.563. The van der Waals surface area contributed by atoms with Crippen molar-refractivity contribution in [1.29, 1.82) is 0 Å². The van der Waals surface area contributed by atoms with E-state index in [0.717, 1.165) is 35.6 Å². The van der Waals surface area contributed by atoms with E-state index >= 15 is 0 Å². The van der Waals surface area contributed by atoms with Crippen LogP contribution in [0.4, 0.5) is 10.1 Å². The van der Waals surface area contributed by atoms with E-state index in [1.165, 1.54) is 12.1 Å². The molecule has 3 unspecified atom stereocenters. The zero-order valence-electron chi connectivity index (χ0n) is 13.2. The van der Waals surface area contributed by atoms with Gasteiger partial charge in [0.2, 0.25) is 5.91 Å². The van der Waals surface area contributed by atoms with Crippen LogP contribution in [-0.4, -0.2) is 27.8 Å². The van der Waals surface area contributed by atoms with Crippen LogP contribution in [0.5, 0.6) is 0 Å². The molecule has 5 nitrogen and oxygen atoms in total. The summed E-state index contributed by atoms with van der Waals surface area (Å²) in [7, 11) is 0. The first-order valence-electron chi connectivity index (χ1n) is 7.95. The number of hydrogen-bond donors (Lipinski definition) is 1. The van der Waals surface area contributed by atoms with Crippen LogP contribution in [0.15, 0.2) is 24.3 Å². The predicted octanol–water partition coefficient (Wildman–Crippen LogP) is 2.12. The molecule has 6 heteroatoms. The van der Waals surface area contributed by atoms with Gasteiger partial charge in [0.1, 0.15) is 5.82 Å². The van der Waals surface area contributed by atoms with Crippen LogP contribution in [0.2, 0.25) is 0 Å². The van der Waals surface area contributed by atoms with Crippen LogP contribution < -0.4 is 10.6 Å². The van der Waals surface area contributed by atoms with Gasteiger partial charge in [-0.1, -0.05) is 6.92 Å². The Hall–Kier alpha value is -2.21. The van der Waals surface area contributed by atoms with Crippen molar-refractivity contribution in [2.24, 2.45) is 5.73 Å². The number of carbonyl (C=O) groups excluding carboxylic acids is 1. The van der Waals surface area contributed by atoms with Crippen molar-refractivity contribution in [1.82, 2.24) is 9.78 Å². The SMILES string of the molecule is CC1c2nn(-c3ccc(F)cc3)c3c2N(C(=O)C1N)C(C)CC3. The number of aromatic nitrogens is 2. The Labute approximate surface area is 133 Å². The van der Waals surface area contributed by atoms with E-state index in [0.29, 0.717) is 0 Å². The third-order valence-electron chi connectivity index (χ3n) is 5.02. The van der Waals surface area contributed by atoms with Crippen molar-refractivity contribution in [2.75, 3.05) is 4.90 Å². The Morgan fingerprint density at radius 2 is 1.96 bits per heavy atom. The van der Waals surface area contributed by atoms with Gasteiger partial charge in [-0.25, -0.2) is 9.07 Å². The molecule has 0 fully saturated rings. The van der Waals surface area contributed by atoms with E-state index in [1.807, 2.05) is 23.4 Å². The minimum Gasteiger partial charge on any atom is -0.319 e. The molecule has 1 amide bonds. The zero-order chi connectivity index (χ0) is 16.3. The van der Waals surface area contributed by atoms with Crippen LogP contribution in [0.25, 0.3) is 5.69 Å². The number of amides is 1. The second-order valence-electron chi connectivity index (χ2n) is 6.48. The van der Waals surface area contributed by atoms with Crippen molar-refractivity contribution in [2.45, 2.75) is 44.7 Å². The Kier molecular flexibility index (Phi) is 3.06. The Morgan fingerprint density at radius 3 is 2.65 bits per heavy atom. The molecule has 4 rings (SSSR count). The van der Waals surface area contributed by atoms with Crippen molar-refractivity contribution >= 4 is 11.6 Å². The fourth-order valence-corrected chi connectivity index (χ4v) is 3.62. The van der Waals surface area contributed by atoms with Crippen LogP contribution in [0.1, 0.15) is 37.6 Å². The second-order valence-corrected chi connectivity index (χ2v) is 6.48. The number of benzene rings is 1. The molecule has 23 heavy (non-hydrogen) atoms. The highest BCUT2D eigenvalue weighted by Crippen LogP contribution is 2.43. The molecule has 2 aromatic rings. The summed E-state index contributed by atoms with van der Waals surface area (Å²) in [6.07, 6.45) is 1.71. The second kappa shape index (κ2) is 4.89. The summed E-state index contributed by atoms with van der Waals surface area (Å²) in [5.41, 5.74) is 9.71. The quantitative estimate of drug-likeness (QED) is 0.877. The average molecular weight is 314 g/mol. The minimum absolute atomic E-state index is 0.0305. The number of anilines is 1. The maximum Gasteiger partial charge on any atom is 0.244 e. The number of nitrogens with zero attached hydrogens (tertiary/aromatic N) is 3. The van der Waals surface area contributed by atoms with Crippen LogP contribution in [0.3, 0.4) is 0 Å². The molecule has 1 aromatic carbocycles. The van der Waals surface area contributed by atoms with Crippen LogP contribution in [-0.2, 0) is 11.2 Å². The molecule has 0 saturated heterocycles. The average Bonchev–Trinajstić information content (AvgIpc) is 2.92. The van der Waals surface area contributed by atoms with Gasteiger partial charge in [0.05, 0.1) is 28.8 Å². The molecule has 1 aromatic heterocycles. The lowest BCUT2D eigenvalue weighted by Gasteiger charge is -2.40. The van der Waals surface area contributed by atoms with Crippen molar-refractivity contribution in [3.05, 3.63) is 41.5 Å². The Bertz CT molecular complexity index is 783. The normalized spacial score (nSPS) is 26.3. The molecule has 2 aliphatic heterocycles. The molecule has 2 N–H and O–H groups in total. The van der Waals surface area contributed by atoms with E-state index in [9.17, 15) is 9.18 Å². The van der Waals surface area contributed by atoms with Crippen molar-refractivity contribution < 1.29 is 9.18 Å². The van der Waals surface area contributed by atoms with Gasteiger partial charge in [0.15, 0.2) is 0 Å². The number of rotatable bonds is 1. The first-order chi connectivity index (χ1) is 11.0. The number of carbonyl (C=O) groups is 1. The van der Waals surface area contributed by atoms with Gasteiger partial charge in [-0.3, -0.25) is 4.79 Å². The van der Waals surface area contributed by atoms with E-state index in [-0.39, 0.29) is 23.7 Å². The standard InChI is InChI=1S/C17H19FN4O/c1-9-3-8-13-16-15(10(2)14(19)17(23)21(9)16)20-22(13)12-6-4-11(18)5-7-12/h4-7,9-10,14H,3,8,19H2,1-2H3. The van der Waals surface area contributed by atoms with Gasteiger partial charge < -0.3 is 10.6 Å². The first-order valence-corrected chi connectivity index (χ1v) is 7.95. The third kappa shape index (κ3) is 1.94. The first kappa shape index (κ1) is 14.4. The smallest absolute Gasteiger partial charge is 0.244 e. The lowest BCUT2D eigenvalue weighted by atomic mass is 9.87. The molecular formula is C17H19FN4O. The van der Waals surface area contributed by atoms with Gasteiger partial charge in [0.25, 0.3) is 0 Å². The van der Waals surface area contributed by atoms with Gasteiger partial charge in [-0.15, -0.1) is 0 Å². The van der Waals surface area contributed by atoms with Crippen LogP contribution in [0, 0.1) is 5.82 Å². The highest BCUT2D eigenvalue weighted by atomic mass is 19.1. The number of halogens is 1. The lowest BCUT2D eigenvalue weighted by molar-refractivity contribution is -0.121. The summed E-state index contributed by atoms with van der Waals surface area (Å²) < 4.78 is 15.0. The summed E-state index contributed by atoms with van der Waals surface area (Å²) in [6.45, 7) is 3.99. The summed E-state index contributed by atoms with van der Waals surface area (Å²) in [5, 5.41) is 4.73. The summed E-state index contributed by atoms with van der Waals surface area (Å²) in [4.78, 5) is 14.4. The van der Waals surface area contributed by atoms with Crippen molar-refractivity contribution in [3.8, 4) is 5.69 Å². The highest BCUT2D eigenvalue weighted by molar-refractivity contribution is 6.02. The molecule has 3 atom stereocenters. The highest BCUT2D eigenvalue weighted by Gasteiger charge is 2.44. The van der Waals surface area contributed by atoms with E-state index < -0.39 is 6.04 Å². The molecule has 0 spiro atoms. The Morgan fingerprint density at radius 1 is 1.26 bits per heavy atom. The summed E-state index contributed by atoms with van der Waals surface area (Å²) in [6, 6.07) is 5.82. The fourth-order valence-electron chi connectivity index (χ4n) is 3.62. The van der Waals surface area contributed by atoms with Crippen molar-refractivity contribution in [3.63, 3.8) is 0 Å². The topological polar surface area (TPSA) is 64.2 Å². The maximum absolute atomic E-state index is 13.2. The molecule has 0 bridgehead atoms. The van der Waals surface area contributed by atoms with Gasteiger partial charge in [-0.05, 0) is 44.0 Å². The molecular weight excluding hydrogens is 295 g/mol. The Balaban J connectivity index is 1.94. The van der Waals surface area contributed by atoms with Crippen LogP contribution >= 0.6 is 0 Å². The fraction of sp³-hybridized carbons (Fsp3) is 0.412. The largest absolute Gasteiger partial charge is 0.319 e. The summed E-state index contributed by atoms with van der Waals surface area (Å²) >= 11 is 0. The van der Waals surface area contributed by atoms with Gasteiger partial charge >= 0.3 is 0 Å². The maximum atomic E-state index is 13.2. The number of nitrogens with two attached hydrogens (primary N) is 1. The van der Waals surface area contributed by atoms with Gasteiger partial charge in [0, 0.05) is 12.0 Å². The zero-order valence-corrected chi connectivity index (χ0v) is 13.2. The lowest BCUT2D eigenvalue weighted by Crippen LogP contribution is -2.54. The molecule has 0 aliphatic carbocycles. The van der Waals surface area contributed by atoms with Gasteiger partial charge in [-0.2, -0.15) is 5.10 Å². The van der Waals surface area contributed by atoms with E-state index in [1.54, 1.807) is 12.1 Å². The number of hydrogen-bond acceptors (Lipinski definition) is 3. The summed E-state index contributed by atoms with van der Waals surface area (Å²) in [5.74, 6) is -0.434. The molecule has 120 valence electrons.